The van der Waals surface area contributed by atoms with Gasteiger partial charge in [-0.1, -0.05) is 54.1 Å². The number of rotatable bonds is 2. The molecule has 0 heterocycles. The van der Waals surface area contributed by atoms with Crippen LogP contribution in [0.4, 0.5) is 5.69 Å². The van der Waals surface area contributed by atoms with Crippen molar-refractivity contribution in [3.63, 3.8) is 0 Å². The Morgan fingerprint density at radius 1 is 0.850 bits per heavy atom. The van der Waals surface area contributed by atoms with Crippen molar-refractivity contribution in [2.24, 2.45) is 0 Å². The number of carbonyl (C=O) groups excluding carboxylic acids is 1. The van der Waals surface area contributed by atoms with Gasteiger partial charge >= 0.3 is 0 Å². The van der Waals surface area contributed by atoms with Crippen LogP contribution in [0.5, 0.6) is 0 Å². The molecule has 0 aromatic heterocycles. The molecule has 20 heavy (non-hydrogen) atoms. The first-order valence-electron chi connectivity index (χ1n) is 6.60. The third-order valence-electron chi connectivity index (χ3n) is 3.34. The zero-order chi connectivity index (χ0) is 13.9. The fourth-order valence-corrected chi connectivity index (χ4v) is 2.26. The summed E-state index contributed by atoms with van der Waals surface area (Å²) in [4.78, 5) is 12.4. The Balaban J connectivity index is 1.94. The molecule has 3 aromatic carbocycles. The maximum atomic E-state index is 12.4. The van der Waals surface area contributed by atoms with Crippen LogP contribution in [0.2, 0.25) is 0 Å². The predicted molar refractivity (Wildman–Crippen MR) is 83.1 cm³/mol. The number of benzene rings is 3. The van der Waals surface area contributed by atoms with E-state index in [9.17, 15) is 4.79 Å². The van der Waals surface area contributed by atoms with Gasteiger partial charge in [0.15, 0.2) is 0 Å². The Hall–Kier alpha value is -2.61. The molecule has 0 spiro atoms. The molecule has 0 bridgehead atoms. The van der Waals surface area contributed by atoms with Crippen LogP contribution in [-0.4, -0.2) is 5.91 Å². The Morgan fingerprint density at radius 2 is 1.55 bits per heavy atom. The highest BCUT2D eigenvalue weighted by molar-refractivity contribution is 6.12. The zero-order valence-corrected chi connectivity index (χ0v) is 11.3. The van der Waals surface area contributed by atoms with Crippen LogP contribution >= 0.6 is 0 Å². The highest BCUT2D eigenvalue weighted by atomic mass is 16.1. The summed E-state index contributed by atoms with van der Waals surface area (Å²) in [6, 6.07) is 21.5. The number of hydrogen-bond acceptors (Lipinski definition) is 1. The SMILES string of the molecule is Cc1ccc(NC(=O)c2cccc3ccccc23)cc1. The van der Waals surface area contributed by atoms with Crippen LogP contribution in [0.3, 0.4) is 0 Å². The minimum atomic E-state index is -0.0781. The molecule has 0 aliphatic rings. The Morgan fingerprint density at radius 3 is 2.35 bits per heavy atom. The number of nitrogens with one attached hydrogen (secondary N) is 1. The summed E-state index contributed by atoms with van der Waals surface area (Å²) in [6.45, 7) is 2.02. The van der Waals surface area contributed by atoms with Crippen molar-refractivity contribution in [1.29, 1.82) is 0 Å². The summed E-state index contributed by atoms with van der Waals surface area (Å²) >= 11 is 0. The van der Waals surface area contributed by atoms with Crippen molar-refractivity contribution >= 4 is 22.4 Å². The van der Waals surface area contributed by atoms with Gasteiger partial charge in [-0.05, 0) is 35.9 Å². The van der Waals surface area contributed by atoms with Crippen molar-refractivity contribution in [3.05, 3.63) is 77.9 Å². The Kier molecular flexibility index (Phi) is 3.21. The number of aryl methyl sites for hydroxylation is 1. The summed E-state index contributed by atoms with van der Waals surface area (Å²) in [5, 5.41) is 4.98. The van der Waals surface area contributed by atoms with E-state index in [1.165, 1.54) is 5.56 Å². The van der Waals surface area contributed by atoms with Gasteiger partial charge in [0.2, 0.25) is 0 Å². The molecule has 3 rings (SSSR count). The second kappa shape index (κ2) is 5.17. The number of carbonyl (C=O) groups is 1. The molecular weight excluding hydrogens is 246 g/mol. The first-order chi connectivity index (χ1) is 9.74. The van der Waals surface area contributed by atoms with E-state index in [1.807, 2.05) is 73.7 Å². The van der Waals surface area contributed by atoms with E-state index in [1.54, 1.807) is 0 Å². The summed E-state index contributed by atoms with van der Waals surface area (Å²) in [5.74, 6) is -0.0781. The van der Waals surface area contributed by atoms with Crippen LogP contribution in [0, 0.1) is 6.92 Å². The van der Waals surface area contributed by atoms with E-state index in [-0.39, 0.29) is 5.91 Å². The molecule has 98 valence electrons. The Bertz CT molecular complexity index is 754. The second-order valence-corrected chi connectivity index (χ2v) is 4.85. The number of amides is 1. The average Bonchev–Trinajstić information content (AvgIpc) is 2.49. The van der Waals surface area contributed by atoms with Gasteiger partial charge < -0.3 is 5.32 Å². The lowest BCUT2D eigenvalue weighted by Gasteiger charge is -2.08. The lowest BCUT2D eigenvalue weighted by Crippen LogP contribution is -2.12. The average molecular weight is 261 g/mol. The molecular formula is C18H15NO. The first kappa shape index (κ1) is 12.4. The number of anilines is 1. The lowest BCUT2D eigenvalue weighted by atomic mass is 10.0. The molecule has 0 saturated carbocycles. The minimum Gasteiger partial charge on any atom is -0.322 e. The highest BCUT2D eigenvalue weighted by Crippen LogP contribution is 2.20. The third-order valence-corrected chi connectivity index (χ3v) is 3.34. The Labute approximate surface area is 118 Å². The van der Waals surface area contributed by atoms with Crippen LogP contribution in [0.15, 0.2) is 66.7 Å². The molecule has 2 heteroatoms. The molecule has 0 atom stereocenters. The van der Waals surface area contributed by atoms with E-state index in [0.29, 0.717) is 5.56 Å². The molecule has 2 nitrogen and oxygen atoms in total. The van der Waals surface area contributed by atoms with Gasteiger partial charge in [0.1, 0.15) is 0 Å². The third kappa shape index (κ3) is 2.41. The van der Waals surface area contributed by atoms with Crippen molar-refractivity contribution in [1.82, 2.24) is 0 Å². The van der Waals surface area contributed by atoms with Crippen molar-refractivity contribution in [2.45, 2.75) is 6.92 Å². The summed E-state index contributed by atoms with van der Waals surface area (Å²) in [7, 11) is 0. The molecule has 3 aromatic rings. The van der Waals surface area contributed by atoms with Crippen molar-refractivity contribution in [2.75, 3.05) is 5.32 Å². The second-order valence-electron chi connectivity index (χ2n) is 4.85. The summed E-state index contributed by atoms with van der Waals surface area (Å²) in [6.07, 6.45) is 0. The molecule has 0 aliphatic carbocycles. The molecule has 0 radical (unpaired) electrons. The van der Waals surface area contributed by atoms with E-state index in [0.717, 1.165) is 16.5 Å². The van der Waals surface area contributed by atoms with Gasteiger partial charge in [-0.15, -0.1) is 0 Å². The standard InChI is InChI=1S/C18H15NO/c1-13-9-11-15(12-10-13)19-18(20)17-8-4-6-14-5-2-3-7-16(14)17/h2-12H,1H3,(H,19,20). The van der Waals surface area contributed by atoms with Crippen LogP contribution in [0.1, 0.15) is 15.9 Å². The quantitative estimate of drug-likeness (QED) is 0.727. The lowest BCUT2D eigenvalue weighted by molar-refractivity contribution is 0.102. The molecule has 1 N–H and O–H groups in total. The van der Waals surface area contributed by atoms with E-state index >= 15 is 0 Å². The molecule has 1 amide bonds. The van der Waals surface area contributed by atoms with Crippen molar-refractivity contribution < 1.29 is 4.79 Å². The first-order valence-corrected chi connectivity index (χ1v) is 6.60. The van der Waals surface area contributed by atoms with Gasteiger partial charge in [0, 0.05) is 11.3 Å². The normalized spacial score (nSPS) is 10.4. The van der Waals surface area contributed by atoms with E-state index in [2.05, 4.69) is 5.32 Å². The van der Waals surface area contributed by atoms with Crippen molar-refractivity contribution in [3.8, 4) is 0 Å². The molecule has 0 unspecified atom stereocenters. The minimum absolute atomic E-state index is 0.0781. The van der Waals surface area contributed by atoms with E-state index in [4.69, 9.17) is 0 Å². The van der Waals surface area contributed by atoms with Gasteiger partial charge in [-0.25, -0.2) is 0 Å². The van der Waals surface area contributed by atoms with Gasteiger partial charge in [-0.2, -0.15) is 0 Å². The van der Waals surface area contributed by atoms with E-state index < -0.39 is 0 Å². The smallest absolute Gasteiger partial charge is 0.256 e. The van der Waals surface area contributed by atoms with Crippen LogP contribution in [-0.2, 0) is 0 Å². The topological polar surface area (TPSA) is 29.1 Å². The summed E-state index contributed by atoms with van der Waals surface area (Å²) < 4.78 is 0. The number of fused-ring (bicyclic) bond motifs is 1. The van der Waals surface area contributed by atoms with Gasteiger partial charge in [0.25, 0.3) is 5.91 Å². The maximum absolute atomic E-state index is 12.4. The van der Waals surface area contributed by atoms with Gasteiger partial charge in [-0.3, -0.25) is 4.79 Å². The monoisotopic (exact) mass is 261 g/mol. The molecule has 0 aliphatic heterocycles. The summed E-state index contributed by atoms with van der Waals surface area (Å²) in [5.41, 5.74) is 2.69. The molecule has 0 fully saturated rings. The predicted octanol–water partition coefficient (Wildman–Crippen LogP) is 4.40. The van der Waals surface area contributed by atoms with Crippen LogP contribution in [0.25, 0.3) is 10.8 Å². The zero-order valence-electron chi connectivity index (χ0n) is 11.3. The van der Waals surface area contributed by atoms with Crippen LogP contribution < -0.4 is 5.32 Å². The maximum Gasteiger partial charge on any atom is 0.256 e. The largest absolute Gasteiger partial charge is 0.322 e. The fraction of sp³-hybridized carbons (Fsp3) is 0.0556. The fourth-order valence-electron chi connectivity index (χ4n) is 2.26. The number of hydrogen-bond donors (Lipinski definition) is 1. The van der Waals surface area contributed by atoms with Gasteiger partial charge in [0.05, 0.1) is 0 Å². The molecule has 0 saturated heterocycles. The highest BCUT2D eigenvalue weighted by Gasteiger charge is 2.09.